The van der Waals surface area contributed by atoms with Crippen molar-refractivity contribution in [1.29, 1.82) is 0 Å². The fourth-order valence-electron chi connectivity index (χ4n) is 1.63. The number of halogens is 1. The lowest BCUT2D eigenvalue weighted by Gasteiger charge is -2.15. The van der Waals surface area contributed by atoms with Gasteiger partial charge in [-0.3, -0.25) is 9.48 Å². The normalized spacial score (nSPS) is 12.4. The van der Waals surface area contributed by atoms with E-state index in [0.29, 0.717) is 31.2 Å². The van der Waals surface area contributed by atoms with Crippen LogP contribution in [0.3, 0.4) is 0 Å². The summed E-state index contributed by atoms with van der Waals surface area (Å²) in [6.45, 7) is 5.88. The van der Waals surface area contributed by atoms with Gasteiger partial charge in [-0.2, -0.15) is 5.10 Å². The average molecular weight is 274 g/mol. The lowest BCUT2D eigenvalue weighted by atomic mass is 10.2. The maximum Gasteiger partial charge on any atom is 0.244 e. The number of hydrogen-bond donors (Lipinski definition) is 1. The first-order chi connectivity index (χ1) is 8.69. The molecule has 0 saturated carbocycles. The van der Waals surface area contributed by atoms with E-state index >= 15 is 0 Å². The predicted molar refractivity (Wildman–Crippen MR) is 70.7 cm³/mol. The summed E-state index contributed by atoms with van der Waals surface area (Å²) >= 11 is 5.80. The summed E-state index contributed by atoms with van der Waals surface area (Å²) < 4.78 is 6.80. The van der Waals surface area contributed by atoms with E-state index in [-0.39, 0.29) is 11.9 Å². The molecule has 0 radical (unpaired) electrons. The standard InChI is InChI=1S/C12H20ClN3O2/c1-3-11(16-9-10(13)8-15-16)12(17)14-6-5-7-18-4-2/h8-9,11H,3-7H2,1-2H3,(H,14,17). The van der Waals surface area contributed by atoms with Crippen LogP contribution in [-0.2, 0) is 9.53 Å². The molecule has 18 heavy (non-hydrogen) atoms. The van der Waals surface area contributed by atoms with Gasteiger partial charge in [0, 0.05) is 26.0 Å². The summed E-state index contributed by atoms with van der Waals surface area (Å²) in [4.78, 5) is 12.0. The Bertz CT molecular complexity index is 368. The van der Waals surface area contributed by atoms with Crippen LogP contribution in [0, 0.1) is 0 Å². The summed E-state index contributed by atoms with van der Waals surface area (Å²) in [6.07, 6.45) is 4.69. The zero-order valence-corrected chi connectivity index (χ0v) is 11.6. The van der Waals surface area contributed by atoms with Crippen molar-refractivity contribution in [2.45, 2.75) is 32.7 Å². The third-order valence-electron chi connectivity index (χ3n) is 2.55. The second kappa shape index (κ2) is 8.11. The van der Waals surface area contributed by atoms with E-state index in [9.17, 15) is 4.79 Å². The zero-order valence-electron chi connectivity index (χ0n) is 10.9. The van der Waals surface area contributed by atoms with Gasteiger partial charge in [-0.15, -0.1) is 0 Å². The van der Waals surface area contributed by atoms with Crippen LogP contribution in [0.5, 0.6) is 0 Å². The third kappa shape index (κ3) is 4.66. The number of ether oxygens (including phenoxy) is 1. The van der Waals surface area contributed by atoms with Gasteiger partial charge in [-0.25, -0.2) is 0 Å². The first-order valence-corrected chi connectivity index (χ1v) is 6.62. The van der Waals surface area contributed by atoms with E-state index in [4.69, 9.17) is 16.3 Å². The van der Waals surface area contributed by atoms with Crippen molar-refractivity contribution < 1.29 is 9.53 Å². The Labute approximate surface area is 112 Å². The molecule has 1 unspecified atom stereocenters. The lowest BCUT2D eigenvalue weighted by molar-refractivity contribution is -0.124. The van der Waals surface area contributed by atoms with Crippen molar-refractivity contribution >= 4 is 17.5 Å². The predicted octanol–water partition coefficient (Wildman–Crippen LogP) is 2.03. The molecule has 0 spiro atoms. The second-order valence-electron chi connectivity index (χ2n) is 3.90. The molecule has 1 aromatic rings. The number of amides is 1. The van der Waals surface area contributed by atoms with Gasteiger partial charge < -0.3 is 10.1 Å². The van der Waals surface area contributed by atoms with Crippen molar-refractivity contribution in [3.8, 4) is 0 Å². The molecule has 0 aliphatic rings. The van der Waals surface area contributed by atoms with E-state index in [1.165, 1.54) is 6.20 Å². The molecule has 1 amide bonds. The topological polar surface area (TPSA) is 56.1 Å². The van der Waals surface area contributed by atoms with Crippen LogP contribution in [0.15, 0.2) is 12.4 Å². The highest BCUT2D eigenvalue weighted by atomic mass is 35.5. The van der Waals surface area contributed by atoms with Crippen molar-refractivity contribution in [2.24, 2.45) is 0 Å². The van der Waals surface area contributed by atoms with E-state index in [1.54, 1.807) is 10.9 Å². The number of carbonyl (C=O) groups is 1. The van der Waals surface area contributed by atoms with Crippen molar-refractivity contribution in [2.75, 3.05) is 19.8 Å². The molecule has 1 rings (SSSR count). The van der Waals surface area contributed by atoms with Crippen molar-refractivity contribution in [1.82, 2.24) is 15.1 Å². The van der Waals surface area contributed by atoms with Crippen LogP contribution in [0.1, 0.15) is 32.7 Å². The fraction of sp³-hybridized carbons (Fsp3) is 0.667. The monoisotopic (exact) mass is 273 g/mol. The van der Waals surface area contributed by atoms with Crippen molar-refractivity contribution in [3.05, 3.63) is 17.4 Å². The Hall–Kier alpha value is -1.07. The SMILES string of the molecule is CCOCCCNC(=O)C(CC)n1cc(Cl)cn1. The Morgan fingerprint density at radius 1 is 1.61 bits per heavy atom. The number of aromatic nitrogens is 2. The summed E-state index contributed by atoms with van der Waals surface area (Å²) in [7, 11) is 0. The molecule has 0 aliphatic heterocycles. The molecule has 1 aromatic heterocycles. The first-order valence-electron chi connectivity index (χ1n) is 6.24. The number of rotatable bonds is 8. The quantitative estimate of drug-likeness (QED) is 0.738. The van der Waals surface area contributed by atoms with Gasteiger partial charge in [-0.05, 0) is 19.8 Å². The molecular formula is C12H20ClN3O2. The zero-order chi connectivity index (χ0) is 13.4. The van der Waals surface area contributed by atoms with Gasteiger partial charge in [0.05, 0.1) is 11.2 Å². The van der Waals surface area contributed by atoms with E-state index in [2.05, 4.69) is 10.4 Å². The smallest absolute Gasteiger partial charge is 0.244 e. The molecule has 0 saturated heterocycles. The average Bonchev–Trinajstić information content (AvgIpc) is 2.76. The van der Waals surface area contributed by atoms with E-state index in [0.717, 1.165) is 6.42 Å². The summed E-state index contributed by atoms with van der Waals surface area (Å²) in [5.74, 6) is -0.0336. The summed E-state index contributed by atoms with van der Waals surface area (Å²) in [5, 5.41) is 7.48. The van der Waals surface area contributed by atoms with Crippen LogP contribution in [-0.4, -0.2) is 35.4 Å². The van der Waals surface area contributed by atoms with Gasteiger partial charge in [0.1, 0.15) is 6.04 Å². The van der Waals surface area contributed by atoms with Crippen LogP contribution < -0.4 is 5.32 Å². The Morgan fingerprint density at radius 2 is 2.39 bits per heavy atom. The maximum absolute atomic E-state index is 12.0. The Balaban J connectivity index is 2.38. The van der Waals surface area contributed by atoms with Crippen LogP contribution >= 0.6 is 11.6 Å². The van der Waals surface area contributed by atoms with Crippen LogP contribution in [0.25, 0.3) is 0 Å². The highest BCUT2D eigenvalue weighted by Crippen LogP contribution is 2.14. The third-order valence-corrected chi connectivity index (χ3v) is 2.74. The molecule has 1 atom stereocenters. The van der Waals surface area contributed by atoms with Gasteiger partial charge in [0.15, 0.2) is 0 Å². The number of nitrogens with zero attached hydrogens (tertiary/aromatic N) is 2. The van der Waals surface area contributed by atoms with Gasteiger partial charge in [0.2, 0.25) is 5.91 Å². The van der Waals surface area contributed by atoms with Crippen LogP contribution in [0.4, 0.5) is 0 Å². The largest absolute Gasteiger partial charge is 0.382 e. The molecule has 1 N–H and O–H groups in total. The minimum atomic E-state index is -0.301. The number of hydrogen-bond acceptors (Lipinski definition) is 3. The van der Waals surface area contributed by atoms with E-state index < -0.39 is 0 Å². The maximum atomic E-state index is 12.0. The molecular weight excluding hydrogens is 254 g/mol. The van der Waals surface area contributed by atoms with Gasteiger partial charge in [-0.1, -0.05) is 18.5 Å². The molecule has 5 nitrogen and oxygen atoms in total. The molecule has 0 aromatic carbocycles. The lowest BCUT2D eigenvalue weighted by Crippen LogP contribution is -2.33. The first kappa shape index (κ1) is 15.0. The fourth-order valence-corrected chi connectivity index (χ4v) is 1.77. The minimum Gasteiger partial charge on any atom is -0.382 e. The van der Waals surface area contributed by atoms with Gasteiger partial charge in [0.25, 0.3) is 0 Å². The molecule has 6 heteroatoms. The number of nitrogens with one attached hydrogen (secondary N) is 1. The summed E-state index contributed by atoms with van der Waals surface area (Å²) in [5.41, 5.74) is 0. The molecule has 1 heterocycles. The van der Waals surface area contributed by atoms with Crippen molar-refractivity contribution in [3.63, 3.8) is 0 Å². The highest BCUT2D eigenvalue weighted by Gasteiger charge is 2.18. The molecule has 102 valence electrons. The number of carbonyl (C=O) groups excluding carboxylic acids is 1. The molecule has 0 aliphatic carbocycles. The summed E-state index contributed by atoms with van der Waals surface area (Å²) in [6, 6.07) is -0.301. The Morgan fingerprint density at radius 3 is 2.94 bits per heavy atom. The van der Waals surface area contributed by atoms with Gasteiger partial charge >= 0.3 is 0 Å². The second-order valence-corrected chi connectivity index (χ2v) is 4.34. The Kier molecular flexibility index (Phi) is 6.75. The molecule has 0 fully saturated rings. The van der Waals surface area contributed by atoms with E-state index in [1.807, 2.05) is 13.8 Å². The molecule has 0 bridgehead atoms. The highest BCUT2D eigenvalue weighted by molar-refractivity contribution is 6.30. The minimum absolute atomic E-state index is 0.0336. The van der Waals surface area contributed by atoms with Crippen LogP contribution in [0.2, 0.25) is 5.02 Å².